The van der Waals surface area contributed by atoms with E-state index in [-0.39, 0.29) is 43.0 Å². The Morgan fingerprint density at radius 3 is 1.67 bits per heavy atom. The molecule has 0 saturated carbocycles. The van der Waals surface area contributed by atoms with Crippen molar-refractivity contribution < 1.29 is 55.5 Å². The Hall–Kier alpha value is -5.16. The summed E-state index contributed by atoms with van der Waals surface area (Å²) in [6.07, 6.45) is -7.87. The van der Waals surface area contributed by atoms with Gasteiger partial charge in [-0.3, -0.25) is 9.80 Å². The molecule has 10 nitrogen and oxygen atoms in total. The van der Waals surface area contributed by atoms with E-state index >= 15 is 0 Å². The van der Waals surface area contributed by atoms with Gasteiger partial charge in [-0.15, -0.1) is 0 Å². The van der Waals surface area contributed by atoms with Crippen LogP contribution < -0.4 is 9.80 Å². The molecule has 0 aromatic heterocycles. The highest BCUT2D eigenvalue weighted by Crippen LogP contribution is 2.50. The fourth-order valence-corrected chi connectivity index (χ4v) is 7.95. The lowest BCUT2D eigenvalue weighted by Gasteiger charge is -2.29. The number of anilines is 2. The lowest BCUT2D eigenvalue weighted by Crippen LogP contribution is -2.42. The highest BCUT2D eigenvalue weighted by Gasteiger charge is 2.62. The van der Waals surface area contributed by atoms with Crippen molar-refractivity contribution >= 4 is 87.5 Å². The third-order valence-corrected chi connectivity index (χ3v) is 10.7. The molecule has 7 rings (SSSR count). The molecule has 1 atom stereocenters. The molecule has 2 amide bonds. The Kier molecular flexibility index (Phi) is 15.7. The number of oxime groups is 2. The van der Waals surface area contributed by atoms with Crippen LogP contribution in [0, 0.1) is 0 Å². The number of ether oxygens (including phenoxy) is 2. The van der Waals surface area contributed by atoms with Crippen LogP contribution in [0.1, 0.15) is 81.3 Å². The predicted octanol–water partition coefficient (Wildman–Crippen LogP) is 14.2. The highest BCUT2D eigenvalue weighted by atomic mass is 35.5. The summed E-state index contributed by atoms with van der Waals surface area (Å²) in [6.45, 7) is 14.9. The molecule has 0 bridgehead atoms. The molecule has 0 radical (unpaired) electrons. The topological polar surface area (TPSA) is 113 Å². The van der Waals surface area contributed by atoms with Crippen LogP contribution in [0.15, 0.2) is 89.7 Å². The first-order chi connectivity index (χ1) is 30.5. The van der Waals surface area contributed by atoms with Crippen LogP contribution in [0.4, 0.5) is 47.3 Å². The van der Waals surface area contributed by atoms with Crippen molar-refractivity contribution in [2.75, 3.05) is 22.9 Å². The monoisotopic (exact) mass is 1000 g/mol. The summed E-state index contributed by atoms with van der Waals surface area (Å²) >= 11 is 23.0. The maximum absolute atomic E-state index is 14.2. The zero-order valence-electron chi connectivity index (χ0n) is 36.3. The van der Waals surface area contributed by atoms with Gasteiger partial charge in [0.25, 0.3) is 5.60 Å². The van der Waals surface area contributed by atoms with Crippen molar-refractivity contribution in [3.05, 3.63) is 133 Å². The lowest BCUT2D eigenvalue weighted by atomic mass is 9.86. The smallest absolute Gasteiger partial charge is 0.435 e. The average molecular weight is 1000 g/mol. The first-order valence-corrected chi connectivity index (χ1v) is 21.5. The third kappa shape index (κ3) is 12.8. The van der Waals surface area contributed by atoms with Gasteiger partial charge < -0.3 is 19.5 Å². The maximum Gasteiger partial charge on any atom is 0.435 e. The molecule has 20 heteroatoms. The number of rotatable bonds is 4. The van der Waals surface area contributed by atoms with Gasteiger partial charge in [0.2, 0.25) is 0 Å². The van der Waals surface area contributed by atoms with Crippen LogP contribution in [-0.4, -0.2) is 66.0 Å². The maximum atomic E-state index is 14.2. The predicted molar refractivity (Wildman–Crippen MR) is 245 cm³/mol. The molecule has 354 valence electrons. The van der Waals surface area contributed by atoms with Gasteiger partial charge in [0, 0.05) is 45.2 Å². The molecule has 0 saturated heterocycles. The minimum absolute atomic E-state index is 0.0675. The van der Waals surface area contributed by atoms with Gasteiger partial charge >= 0.3 is 24.5 Å². The second kappa shape index (κ2) is 20.0. The second-order valence-corrected chi connectivity index (χ2v) is 18.9. The van der Waals surface area contributed by atoms with Gasteiger partial charge in [-0.25, -0.2) is 9.59 Å². The molecule has 4 aromatic carbocycles. The Balaban J connectivity index is 0.000000208. The SMILES string of the molecule is C=C(c1cc(Cl)cc(Cl)c1)C(F)(F)F.CC(C)(C)OC(=O)N1CCc2cc(/C=N/O)ccc21.CC(C)(C)OC(=O)N1CCc2cc(C3=NOC(c4cc(Cl)cc(Cl)c4)(C(F)(F)F)C3)ccc21. The first kappa shape index (κ1) is 51.8. The van der Waals surface area contributed by atoms with Crippen molar-refractivity contribution in [2.45, 2.75) is 90.0 Å². The van der Waals surface area contributed by atoms with Gasteiger partial charge in [0.1, 0.15) is 11.2 Å². The Bertz CT molecular complexity index is 2520. The fraction of sp³-hybridized carbons (Fsp3) is 0.348. The molecule has 0 spiro atoms. The molecule has 4 aromatic rings. The highest BCUT2D eigenvalue weighted by molar-refractivity contribution is 6.35. The van der Waals surface area contributed by atoms with E-state index in [0.29, 0.717) is 30.8 Å². The molecule has 3 aliphatic heterocycles. The number of allylic oxidation sites excluding steroid dienone is 1. The normalized spacial score (nSPS) is 16.9. The first-order valence-electron chi connectivity index (χ1n) is 20.0. The average Bonchev–Trinajstić information content (AvgIpc) is 3.93. The van der Waals surface area contributed by atoms with Crippen LogP contribution in [0.5, 0.6) is 0 Å². The van der Waals surface area contributed by atoms with Crippen LogP contribution in [-0.2, 0) is 32.8 Å². The number of fused-ring (bicyclic) bond motifs is 2. The van der Waals surface area contributed by atoms with Crippen molar-refractivity contribution in [1.82, 2.24) is 0 Å². The van der Waals surface area contributed by atoms with Gasteiger partial charge in [0.15, 0.2) is 0 Å². The van der Waals surface area contributed by atoms with Crippen molar-refractivity contribution in [3.63, 3.8) is 0 Å². The number of benzene rings is 4. The molecule has 1 N–H and O–H groups in total. The number of hydrogen-bond donors (Lipinski definition) is 1. The molecule has 0 fully saturated rings. The zero-order valence-corrected chi connectivity index (χ0v) is 39.3. The van der Waals surface area contributed by atoms with E-state index in [1.165, 1.54) is 47.5 Å². The number of amides is 2. The van der Waals surface area contributed by atoms with Gasteiger partial charge in [-0.1, -0.05) is 75.4 Å². The third-order valence-electron chi connectivity index (χ3n) is 9.81. The van der Waals surface area contributed by atoms with Crippen LogP contribution in [0.2, 0.25) is 20.1 Å². The summed E-state index contributed by atoms with van der Waals surface area (Å²) in [4.78, 5) is 32.8. The number of halogens is 10. The van der Waals surface area contributed by atoms with E-state index in [2.05, 4.69) is 16.9 Å². The summed E-state index contributed by atoms with van der Waals surface area (Å²) in [5.74, 6) is 0. The van der Waals surface area contributed by atoms with Crippen LogP contribution >= 0.6 is 46.4 Å². The molecule has 3 heterocycles. The summed E-state index contributed by atoms with van der Waals surface area (Å²) in [7, 11) is 0. The molecular weight excluding hydrogens is 960 g/mol. The van der Waals surface area contributed by atoms with E-state index in [4.69, 9.17) is 65.9 Å². The quantitative estimate of drug-likeness (QED) is 0.0943. The van der Waals surface area contributed by atoms with E-state index in [1.54, 1.807) is 49.9 Å². The van der Waals surface area contributed by atoms with Gasteiger partial charge in [0.05, 0.1) is 28.9 Å². The lowest BCUT2D eigenvalue weighted by molar-refractivity contribution is -0.275. The second-order valence-electron chi connectivity index (χ2n) is 17.2. The van der Waals surface area contributed by atoms with E-state index < -0.39 is 47.2 Å². The fourth-order valence-electron chi connectivity index (χ4n) is 6.90. The van der Waals surface area contributed by atoms with E-state index in [9.17, 15) is 35.9 Å². The van der Waals surface area contributed by atoms with Crippen LogP contribution in [0.3, 0.4) is 0 Å². The Morgan fingerprint density at radius 1 is 0.742 bits per heavy atom. The van der Waals surface area contributed by atoms with Crippen molar-refractivity contribution in [3.8, 4) is 0 Å². The number of hydrogen-bond acceptors (Lipinski definition) is 8. The van der Waals surface area contributed by atoms with Gasteiger partial charge in [-0.2, -0.15) is 26.3 Å². The molecule has 0 aliphatic carbocycles. The van der Waals surface area contributed by atoms with E-state index in [1.807, 2.05) is 32.9 Å². The van der Waals surface area contributed by atoms with Crippen molar-refractivity contribution in [2.24, 2.45) is 10.3 Å². The molecule has 3 aliphatic rings. The Morgan fingerprint density at radius 2 is 1.21 bits per heavy atom. The number of carbonyl (C=O) groups is 2. The van der Waals surface area contributed by atoms with Crippen molar-refractivity contribution in [1.29, 1.82) is 0 Å². The molecular formula is C46H44Cl4F6N4O6. The summed E-state index contributed by atoms with van der Waals surface area (Å²) in [5, 5.41) is 15.8. The number of alkyl halides is 6. The Labute approximate surface area is 397 Å². The largest absolute Gasteiger partial charge is 0.443 e. The molecule has 1 unspecified atom stereocenters. The minimum Gasteiger partial charge on any atom is -0.443 e. The van der Waals surface area contributed by atoms with Crippen LogP contribution in [0.25, 0.3) is 5.57 Å². The molecule has 66 heavy (non-hydrogen) atoms. The number of nitrogens with zero attached hydrogens (tertiary/aromatic N) is 4. The minimum atomic E-state index is -4.77. The summed E-state index contributed by atoms with van der Waals surface area (Å²) in [6, 6.07) is 18.0. The summed E-state index contributed by atoms with van der Waals surface area (Å²) < 4.78 is 90.1. The standard InChI is InChI=1S/C23H21Cl2F3N2O3.C14H18N2O3.C9H5Cl2F3/c1-21(2,3)32-20(31)30-7-6-14-8-13(4-5-19(14)30)18-12-22(33-29-18,23(26,27)28)15-9-16(24)11-17(25)10-15;1-14(2,3)19-13(17)16-7-6-11-8-10(9-15-18)4-5-12(11)16;1-5(9(12,13)14)6-2-7(10)4-8(11)3-6/h4-5,8-11H,6-7,12H2,1-3H3;4-5,8-9,18H,6-7H2,1-3H3;2-4H,1H2/b;15-9+;. The zero-order chi connectivity index (χ0) is 49.2. The van der Waals surface area contributed by atoms with Gasteiger partial charge in [-0.05, 0) is 143 Å². The number of carbonyl (C=O) groups excluding carboxylic acids is 2. The summed E-state index contributed by atoms with van der Waals surface area (Å²) in [5.41, 5.74) is -0.282. The van der Waals surface area contributed by atoms with E-state index in [0.717, 1.165) is 28.8 Å².